The first-order valence-electron chi connectivity index (χ1n) is 13.6. The van der Waals surface area contributed by atoms with E-state index in [2.05, 4.69) is 34.5 Å². The van der Waals surface area contributed by atoms with Crippen LogP contribution in [0.15, 0.2) is 83.4 Å². The maximum absolute atomic E-state index is 12.5. The highest BCUT2D eigenvalue weighted by molar-refractivity contribution is 5.96. The Labute approximate surface area is 229 Å². The van der Waals surface area contributed by atoms with Crippen LogP contribution in [0, 0.1) is 0 Å². The number of hydrogen-bond acceptors (Lipinski definition) is 7. The van der Waals surface area contributed by atoms with Crippen molar-refractivity contribution in [3.63, 3.8) is 0 Å². The number of hydrogen-bond donors (Lipinski definition) is 1. The maximum Gasteiger partial charge on any atom is 0.305 e. The van der Waals surface area contributed by atoms with Gasteiger partial charge in [-0.2, -0.15) is 4.98 Å². The Hall–Kier alpha value is -4.26. The first-order chi connectivity index (χ1) is 19.1. The molecule has 0 fully saturated rings. The number of ether oxygens (including phenoxy) is 1. The SMILES string of the molecule is CCCC[C@H](Nc1ccc(C(=O)CCCC(=O)OCC)cc1)c1ccc(-c2noc(-c3ccccc3)n2)cc1. The van der Waals surface area contributed by atoms with Gasteiger partial charge in [0.15, 0.2) is 5.78 Å². The summed E-state index contributed by atoms with van der Waals surface area (Å²) in [6.45, 7) is 4.32. The van der Waals surface area contributed by atoms with Gasteiger partial charge in [0.05, 0.1) is 12.6 Å². The second-order valence-electron chi connectivity index (χ2n) is 9.41. The molecule has 7 heteroatoms. The van der Waals surface area contributed by atoms with Crippen molar-refractivity contribution in [2.75, 3.05) is 11.9 Å². The van der Waals surface area contributed by atoms with Gasteiger partial charge in [0, 0.05) is 35.2 Å². The molecule has 1 aromatic heterocycles. The van der Waals surface area contributed by atoms with Gasteiger partial charge in [-0.05, 0) is 61.7 Å². The average Bonchev–Trinajstić information content (AvgIpc) is 3.47. The van der Waals surface area contributed by atoms with Gasteiger partial charge < -0.3 is 14.6 Å². The Morgan fingerprint density at radius 3 is 2.31 bits per heavy atom. The maximum atomic E-state index is 12.5. The molecule has 39 heavy (non-hydrogen) atoms. The summed E-state index contributed by atoms with van der Waals surface area (Å²) < 4.78 is 10.4. The zero-order valence-corrected chi connectivity index (χ0v) is 22.6. The highest BCUT2D eigenvalue weighted by Crippen LogP contribution is 2.28. The number of carbonyl (C=O) groups excluding carboxylic acids is 2. The van der Waals surface area contributed by atoms with E-state index in [0.717, 1.165) is 41.6 Å². The number of carbonyl (C=O) groups is 2. The number of aromatic nitrogens is 2. The van der Waals surface area contributed by atoms with Crippen LogP contribution in [-0.4, -0.2) is 28.5 Å². The predicted octanol–water partition coefficient (Wildman–Crippen LogP) is 7.66. The van der Waals surface area contributed by atoms with Crippen molar-refractivity contribution in [3.05, 3.63) is 90.0 Å². The van der Waals surface area contributed by atoms with Crippen molar-refractivity contribution in [2.24, 2.45) is 0 Å². The highest BCUT2D eigenvalue weighted by Gasteiger charge is 2.15. The van der Waals surface area contributed by atoms with Gasteiger partial charge in [-0.3, -0.25) is 9.59 Å². The van der Waals surface area contributed by atoms with Gasteiger partial charge in [-0.25, -0.2) is 0 Å². The lowest BCUT2D eigenvalue weighted by atomic mass is 9.99. The Balaban J connectivity index is 1.39. The molecule has 202 valence electrons. The fraction of sp³-hybridized carbons (Fsp3) is 0.312. The molecule has 4 aromatic rings. The van der Waals surface area contributed by atoms with Gasteiger partial charge in [0.1, 0.15) is 0 Å². The fourth-order valence-electron chi connectivity index (χ4n) is 4.36. The lowest BCUT2D eigenvalue weighted by Crippen LogP contribution is -2.11. The van der Waals surface area contributed by atoms with Crippen molar-refractivity contribution in [2.45, 2.75) is 58.4 Å². The molecule has 1 N–H and O–H groups in total. The Bertz CT molecular complexity index is 1330. The Morgan fingerprint density at radius 2 is 1.62 bits per heavy atom. The number of rotatable bonds is 14. The lowest BCUT2D eigenvalue weighted by molar-refractivity contribution is -0.143. The molecule has 0 saturated carbocycles. The molecule has 3 aromatic carbocycles. The van der Waals surface area contributed by atoms with Gasteiger partial charge in [-0.1, -0.05) is 67.4 Å². The lowest BCUT2D eigenvalue weighted by Gasteiger charge is -2.21. The number of Topliss-reactive ketones (excluding diaryl/α,β-unsaturated/α-hetero) is 1. The standard InChI is InChI=1S/C32H35N3O4/c1-3-5-12-28(33-27-21-19-24(20-22-27)29(36)13-9-14-30(37)38-4-2)23-15-17-25(18-16-23)31-34-32(39-35-31)26-10-7-6-8-11-26/h6-8,10-11,15-22,28,33H,3-5,9,12-14H2,1-2H3/t28-/m0/s1. The summed E-state index contributed by atoms with van der Waals surface area (Å²) in [5, 5.41) is 7.79. The number of unbranched alkanes of at least 4 members (excludes halogenated alkanes) is 1. The van der Waals surface area contributed by atoms with Crippen molar-refractivity contribution < 1.29 is 18.8 Å². The minimum Gasteiger partial charge on any atom is -0.466 e. The molecule has 1 heterocycles. The Morgan fingerprint density at radius 1 is 0.872 bits per heavy atom. The zero-order valence-electron chi connectivity index (χ0n) is 22.6. The van der Waals surface area contributed by atoms with Gasteiger partial charge in [0.2, 0.25) is 5.82 Å². The van der Waals surface area contributed by atoms with E-state index < -0.39 is 0 Å². The van der Waals surface area contributed by atoms with E-state index in [0.29, 0.717) is 36.7 Å². The normalized spacial score (nSPS) is 11.6. The number of nitrogens with zero attached hydrogens (tertiary/aromatic N) is 2. The minimum absolute atomic E-state index is 0.0286. The van der Waals surface area contributed by atoms with E-state index in [9.17, 15) is 9.59 Å². The monoisotopic (exact) mass is 525 g/mol. The predicted molar refractivity (Wildman–Crippen MR) is 152 cm³/mol. The molecular formula is C32H35N3O4. The van der Waals surface area contributed by atoms with Crippen LogP contribution in [0.25, 0.3) is 22.8 Å². The van der Waals surface area contributed by atoms with Crippen LogP contribution in [-0.2, 0) is 9.53 Å². The van der Waals surface area contributed by atoms with Crippen molar-refractivity contribution >= 4 is 17.4 Å². The molecule has 0 aliphatic rings. The second-order valence-corrected chi connectivity index (χ2v) is 9.41. The summed E-state index contributed by atoms with van der Waals surface area (Å²) in [5.74, 6) is 0.824. The highest BCUT2D eigenvalue weighted by atomic mass is 16.5. The molecule has 0 bridgehead atoms. The van der Waals surface area contributed by atoms with Gasteiger partial charge in [-0.15, -0.1) is 0 Å². The molecule has 0 aliphatic heterocycles. The summed E-state index contributed by atoms with van der Waals surface area (Å²) in [6, 6.07) is 25.7. The number of anilines is 1. The quantitative estimate of drug-likeness (QED) is 0.133. The van der Waals surface area contributed by atoms with E-state index in [-0.39, 0.29) is 24.2 Å². The van der Waals surface area contributed by atoms with Crippen molar-refractivity contribution in [1.29, 1.82) is 0 Å². The van der Waals surface area contributed by atoms with Crippen LogP contribution in [0.2, 0.25) is 0 Å². The second kappa shape index (κ2) is 14.0. The van der Waals surface area contributed by atoms with E-state index >= 15 is 0 Å². The third kappa shape index (κ3) is 7.87. The molecule has 7 nitrogen and oxygen atoms in total. The number of benzene rings is 3. The zero-order chi connectivity index (χ0) is 27.5. The molecule has 0 saturated heterocycles. The molecule has 0 radical (unpaired) electrons. The molecule has 0 aliphatic carbocycles. The van der Waals surface area contributed by atoms with Crippen LogP contribution in [0.3, 0.4) is 0 Å². The van der Waals surface area contributed by atoms with E-state index in [1.807, 2.05) is 66.7 Å². The average molecular weight is 526 g/mol. The summed E-state index contributed by atoms with van der Waals surface area (Å²) >= 11 is 0. The summed E-state index contributed by atoms with van der Waals surface area (Å²) in [7, 11) is 0. The summed E-state index contributed by atoms with van der Waals surface area (Å²) in [4.78, 5) is 28.6. The number of esters is 1. The van der Waals surface area contributed by atoms with Crippen LogP contribution in [0.5, 0.6) is 0 Å². The summed E-state index contributed by atoms with van der Waals surface area (Å²) in [5.41, 5.74) is 4.55. The van der Waals surface area contributed by atoms with Crippen molar-refractivity contribution in [1.82, 2.24) is 10.1 Å². The largest absolute Gasteiger partial charge is 0.466 e. The first kappa shape index (κ1) is 27.8. The third-order valence-electron chi connectivity index (χ3n) is 6.50. The number of nitrogens with one attached hydrogen (secondary N) is 1. The Kier molecular flexibility index (Phi) is 10.0. The molecule has 4 rings (SSSR count). The fourth-order valence-corrected chi connectivity index (χ4v) is 4.36. The smallest absolute Gasteiger partial charge is 0.305 e. The van der Waals surface area contributed by atoms with E-state index in [1.165, 1.54) is 0 Å². The first-order valence-corrected chi connectivity index (χ1v) is 13.6. The van der Waals surface area contributed by atoms with Gasteiger partial charge in [0.25, 0.3) is 5.89 Å². The van der Waals surface area contributed by atoms with E-state index in [1.54, 1.807) is 6.92 Å². The van der Waals surface area contributed by atoms with Crippen molar-refractivity contribution in [3.8, 4) is 22.8 Å². The van der Waals surface area contributed by atoms with Crippen LogP contribution in [0.4, 0.5) is 5.69 Å². The molecular weight excluding hydrogens is 490 g/mol. The number of ketones is 1. The summed E-state index contributed by atoms with van der Waals surface area (Å²) in [6.07, 6.45) is 4.24. The van der Waals surface area contributed by atoms with Gasteiger partial charge >= 0.3 is 5.97 Å². The van der Waals surface area contributed by atoms with Crippen LogP contribution in [0.1, 0.15) is 74.3 Å². The topological polar surface area (TPSA) is 94.3 Å². The minimum atomic E-state index is -0.259. The molecule has 0 amide bonds. The molecule has 0 unspecified atom stereocenters. The third-order valence-corrected chi connectivity index (χ3v) is 6.50. The molecule has 1 atom stereocenters. The molecule has 0 spiro atoms. The van der Waals surface area contributed by atoms with Crippen LogP contribution >= 0.6 is 0 Å². The van der Waals surface area contributed by atoms with E-state index in [4.69, 9.17) is 9.26 Å². The van der Waals surface area contributed by atoms with Crippen LogP contribution < -0.4 is 5.32 Å².